The Morgan fingerprint density at radius 2 is 1.71 bits per heavy atom. The highest BCUT2D eigenvalue weighted by Gasteiger charge is 2.45. The van der Waals surface area contributed by atoms with Crippen LogP contribution < -0.4 is 9.47 Å². The molecule has 0 radical (unpaired) electrons. The Bertz CT molecular complexity index is 1510. The molecular formula is C34H35N3O5. The number of Topliss-reactive ketones (excluding diaryl/α,β-unsaturated/α-hetero) is 1. The van der Waals surface area contributed by atoms with Gasteiger partial charge in [0.2, 0.25) is 0 Å². The summed E-state index contributed by atoms with van der Waals surface area (Å²) < 4.78 is 13.7. The number of benzene rings is 3. The van der Waals surface area contributed by atoms with Crippen molar-refractivity contribution in [2.45, 2.75) is 45.4 Å². The minimum Gasteiger partial charge on any atom is -0.507 e. The highest BCUT2D eigenvalue weighted by atomic mass is 16.5. The molecule has 1 saturated heterocycles. The van der Waals surface area contributed by atoms with E-state index in [2.05, 4.69) is 11.9 Å². The number of nitrogens with zero attached hydrogens (tertiary/aromatic N) is 3. The van der Waals surface area contributed by atoms with Gasteiger partial charge in [-0.15, -0.1) is 0 Å². The summed E-state index contributed by atoms with van der Waals surface area (Å²) in [6.45, 7) is 4.03. The first-order valence-electron chi connectivity index (χ1n) is 14.3. The number of hydrogen-bond acceptors (Lipinski definition) is 6. The maximum absolute atomic E-state index is 13.4. The molecule has 42 heavy (non-hydrogen) atoms. The monoisotopic (exact) mass is 565 g/mol. The second-order valence-corrected chi connectivity index (χ2v) is 10.2. The normalized spacial score (nSPS) is 16.1. The number of likely N-dealkylation sites (tertiary alicyclic amines) is 1. The largest absolute Gasteiger partial charge is 0.507 e. The summed E-state index contributed by atoms with van der Waals surface area (Å²) in [6.07, 6.45) is 7.79. The number of carbonyl (C=O) groups is 2. The SMILES string of the molecule is CCCCOc1cccc(/C(O)=C2\C(=O)C(=O)N(CCCn3ccnc3)C2c2ccc(OCc3ccccc3)cc2)c1. The number of ketones is 1. The van der Waals surface area contributed by atoms with E-state index in [0.29, 0.717) is 55.4 Å². The summed E-state index contributed by atoms with van der Waals surface area (Å²) in [4.78, 5) is 32.4. The topological polar surface area (TPSA) is 93.9 Å². The van der Waals surface area contributed by atoms with Crippen molar-refractivity contribution < 1.29 is 24.2 Å². The van der Waals surface area contributed by atoms with Crippen molar-refractivity contribution in [3.05, 3.63) is 120 Å². The standard InChI is InChI=1S/C34H35N3O5/c1-2-3-21-41-29-12-7-11-27(22-29)32(38)30-31(37(34(40)33(30)39)19-8-18-36-20-17-35-24-36)26-13-15-28(16-14-26)42-23-25-9-5-4-6-10-25/h4-7,9-17,20,22,24,31,38H,2-3,8,18-19,21,23H2,1H3/b32-30+. The lowest BCUT2D eigenvalue weighted by Crippen LogP contribution is -2.31. The van der Waals surface area contributed by atoms with E-state index in [1.165, 1.54) is 0 Å². The molecule has 0 bridgehead atoms. The molecule has 2 heterocycles. The van der Waals surface area contributed by atoms with E-state index in [9.17, 15) is 14.7 Å². The van der Waals surface area contributed by atoms with Crippen LogP contribution in [0.5, 0.6) is 11.5 Å². The van der Waals surface area contributed by atoms with Crippen LogP contribution in [0.25, 0.3) is 5.76 Å². The van der Waals surface area contributed by atoms with Gasteiger partial charge in [-0.25, -0.2) is 4.98 Å². The molecule has 0 aliphatic carbocycles. The molecular weight excluding hydrogens is 530 g/mol. The maximum Gasteiger partial charge on any atom is 0.295 e. The van der Waals surface area contributed by atoms with Crippen LogP contribution >= 0.6 is 0 Å². The predicted octanol–water partition coefficient (Wildman–Crippen LogP) is 6.15. The smallest absolute Gasteiger partial charge is 0.295 e. The first-order valence-corrected chi connectivity index (χ1v) is 14.3. The van der Waals surface area contributed by atoms with Crippen LogP contribution in [0.15, 0.2) is 103 Å². The van der Waals surface area contributed by atoms with Gasteiger partial charge < -0.3 is 24.0 Å². The average Bonchev–Trinajstić information content (AvgIpc) is 3.63. The lowest BCUT2D eigenvalue weighted by atomic mass is 9.95. The summed E-state index contributed by atoms with van der Waals surface area (Å²) in [5.41, 5.74) is 2.24. The van der Waals surface area contributed by atoms with E-state index < -0.39 is 17.7 Å². The third kappa shape index (κ3) is 6.71. The van der Waals surface area contributed by atoms with Gasteiger partial charge in [-0.05, 0) is 48.2 Å². The molecule has 1 unspecified atom stereocenters. The van der Waals surface area contributed by atoms with Crippen LogP contribution in [0.1, 0.15) is 48.9 Å². The zero-order valence-corrected chi connectivity index (χ0v) is 23.7. The van der Waals surface area contributed by atoms with Gasteiger partial charge in [-0.1, -0.05) is 67.9 Å². The number of aromatic nitrogens is 2. The summed E-state index contributed by atoms with van der Waals surface area (Å²) in [5.74, 6) is -0.301. The molecule has 1 aliphatic rings. The fourth-order valence-electron chi connectivity index (χ4n) is 5.01. The minimum atomic E-state index is -0.749. The Hall–Kier alpha value is -4.85. The third-order valence-corrected chi connectivity index (χ3v) is 7.23. The van der Waals surface area contributed by atoms with Gasteiger partial charge >= 0.3 is 0 Å². The van der Waals surface area contributed by atoms with E-state index >= 15 is 0 Å². The van der Waals surface area contributed by atoms with Crippen LogP contribution in [0, 0.1) is 0 Å². The summed E-state index contributed by atoms with van der Waals surface area (Å²) >= 11 is 0. The second kappa shape index (κ2) is 13.7. The summed E-state index contributed by atoms with van der Waals surface area (Å²) in [6, 6.07) is 23.5. The molecule has 1 amide bonds. The number of aliphatic hydroxyl groups is 1. The van der Waals surface area contributed by atoms with Gasteiger partial charge in [0.05, 0.1) is 24.5 Å². The first-order chi connectivity index (χ1) is 20.5. The lowest BCUT2D eigenvalue weighted by molar-refractivity contribution is -0.139. The van der Waals surface area contributed by atoms with Gasteiger partial charge in [-0.2, -0.15) is 0 Å². The molecule has 1 aliphatic heterocycles. The highest BCUT2D eigenvalue weighted by Crippen LogP contribution is 2.40. The molecule has 3 aromatic carbocycles. The van der Waals surface area contributed by atoms with E-state index in [1.54, 1.807) is 35.6 Å². The van der Waals surface area contributed by atoms with Gasteiger partial charge in [0.1, 0.15) is 23.9 Å². The van der Waals surface area contributed by atoms with Crippen molar-refractivity contribution in [2.24, 2.45) is 0 Å². The van der Waals surface area contributed by atoms with Gasteiger partial charge in [-0.3, -0.25) is 9.59 Å². The molecule has 216 valence electrons. The molecule has 0 saturated carbocycles. The minimum absolute atomic E-state index is 0.0614. The molecule has 0 spiro atoms. The Kier molecular flexibility index (Phi) is 9.33. The number of aliphatic hydroxyl groups excluding tert-OH is 1. The van der Waals surface area contributed by atoms with E-state index in [0.717, 1.165) is 18.4 Å². The molecule has 5 rings (SSSR count). The molecule has 1 atom stereocenters. The Balaban J connectivity index is 1.44. The van der Waals surface area contributed by atoms with Gasteiger partial charge in [0, 0.05) is 31.0 Å². The number of aryl methyl sites for hydroxylation is 1. The number of hydrogen-bond donors (Lipinski definition) is 1. The van der Waals surface area contributed by atoms with Crippen molar-refractivity contribution in [3.63, 3.8) is 0 Å². The summed E-state index contributed by atoms with van der Waals surface area (Å²) in [7, 11) is 0. The molecule has 8 heteroatoms. The van der Waals surface area contributed by atoms with E-state index in [-0.39, 0.29) is 11.3 Å². The molecule has 1 fully saturated rings. The van der Waals surface area contributed by atoms with Crippen molar-refractivity contribution in [1.29, 1.82) is 0 Å². The number of imidazole rings is 1. The maximum atomic E-state index is 13.4. The molecule has 1 aromatic heterocycles. The van der Waals surface area contributed by atoms with Crippen LogP contribution in [0.4, 0.5) is 0 Å². The number of carbonyl (C=O) groups excluding carboxylic acids is 2. The lowest BCUT2D eigenvalue weighted by Gasteiger charge is -2.25. The van der Waals surface area contributed by atoms with Crippen molar-refractivity contribution in [1.82, 2.24) is 14.5 Å². The predicted molar refractivity (Wildman–Crippen MR) is 160 cm³/mol. The average molecular weight is 566 g/mol. The molecule has 1 N–H and O–H groups in total. The first kappa shape index (κ1) is 28.7. The van der Waals surface area contributed by atoms with Crippen LogP contribution in [-0.4, -0.2) is 44.4 Å². The quantitative estimate of drug-likeness (QED) is 0.0904. The Morgan fingerprint density at radius 1 is 0.905 bits per heavy atom. The van der Waals surface area contributed by atoms with E-state index in [1.807, 2.05) is 71.4 Å². The van der Waals surface area contributed by atoms with E-state index in [4.69, 9.17) is 9.47 Å². The van der Waals surface area contributed by atoms with Crippen molar-refractivity contribution in [2.75, 3.05) is 13.2 Å². The zero-order valence-electron chi connectivity index (χ0n) is 23.7. The van der Waals surface area contributed by atoms with Gasteiger partial charge in [0.25, 0.3) is 11.7 Å². The molecule has 8 nitrogen and oxygen atoms in total. The zero-order chi connectivity index (χ0) is 29.3. The fourth-order valence-corrected chi connectivity index (χ4v) is 5.01. The van der Waals surface area contributed by atoms with Gasteiger partial charge in [0.15, 0.2) is 0 Å². The third-order valence-electron chi connectivity index (χ3n) is 7.23. The van der Waals surface area contributed by atoms with Crippen molar-refractivity contribution >= 4 is 17.4 Å². The molecule has 4 aromatic rings. The van der Waals surface area contributed by atoms with Crippen LogP contribution in [-0.2, 0) is 22.7 Å². The highest BCUT2D eigenvalue weighted by molar-refractivity contribution is 6.46. The number of amides is 1. The number of ether oxygens (including phenoxy) is 2. The van der Waals surface area contributed by atoms with Crippen LogP contribution in [0.3, 0.4) is 0 Å². The Morgan fingerprint density at radius 3 is 2.45 bits per heavy atom. The second-order valence-electron chi connectivity index (χ2n) is 10.2. The number of rotatable bonds is 13. The fraction of sp³-hybridized carbons (Fsp3) is 0.265. The summed E-state index contributed by atoms with van der Waals surface area (Å²) in [5, 5.41) is 11.5. The number of unbranched alkanes of at least 4 members (excludes halogenated alkanes) is 1. The Labute approximate surface area is 245 Å². The van der Waals surface area contributed by atoms with Crippen molar-refractivity contribution in [3.8, 4) is 11.5 Å². The van der Waals surface area contributed by atoms with Crippen LogP contribution in [0.2, 0.25) is 0 Å².